The standard InChI is InChI=1S/C14H23NOS/c1-12(2)8-13-9-14(11-15-10-13)17-7-5-3-4-6-16/h9-12,16H,3-8H2,1-2H3. The Morgan fingerprint density at radius 2 is 2.06 bits per heavy atom. The molecule has 1 rings (SSSR count). The van der Waals surface area contributed by atoms with E-state index in [0.717, 1.165) is 25.0 Å². The van der Waals surface area contributed by atoms with Crippen LogP contribution in [0.2, 0.25) is 0 Å². The van der Waals surface area contributed by atoms with Crippen LogP contribution in [0.25, 0.3) is 0 Å². The molecular weight excluding hydrogens is 230 g/mol. The first-order valence-corrected chi connectivity index (χ1v) is 7.38. The molecule has 1 aromatic rings. The van der Waals surface area contributed by atoms with Crippen LogP contribution in [0.5, 0.6) is 0 Å². The molecule has 1 aromatic heterocycles. The van der Waals surface area contributed by atoms with Crippen molar-refractivity contribution in [1.82, 2.24) is 4.98 Å². The summed E-state index contributed by atoms with van der Waals surface area (Å²) in [4.78, 5) is 5.56. The van der Waals surface area contributed by atoms with E-state index in [0.29, 0.717) is 12.5 Å². The Labute approximate surface area is 109 Å². The summed E-state index contributed by atoms with van der Waals surface area (Å²) in [5.41, 5.74) is 1.33. The number of unbranched alkanes of at least 4 members (excludes halogenated alkanes) is 2. The number of hydrogen-bond acceptors (Lipinski definition) is 3. The van der Waals surface area contributed by atoms with Gasteiger partial charge >= 0.3 is 0 Å². The van der Waals surface area contributed by atoms with Crippen molar-refractivity contribution in [2.75, 3.05) is 12.4 Å². The molecule has 0 spiro atoms. The molecule has 1 N–H and O–H groups in total. The topological polar surface area (TPSA) is 33.1 Å². The van der Waals surface area contributed by atoms with Crippen LogP contribution < -0.4 is 0 Å². The minimum absolute atomic E-state index is 0.316. The summed E-state index contributed by atoms with van der Waals surface area (Å²) in [6, 6.07) is 2.25. The van der Waals surface area contributed by atoms with Gasteiger partial charge in [-0.25, -0.2) is 0 Å². The quantitative estimate of drug-likeness (QED) is 0.568. The van der Waals surface area contributed by atoms with Crippen molar-refractivity contribution in [3.05, 3.63) is 24.0 Å². The van der Waals surface area contributed by atoms with E-state index in [-0.39, 0.29) is 0 Å². The van der Waals surface area contributed by atoms with Crippen LogP contribution in [0.1, 0.15) is 38.7 Å². The van der Waals surface area contributed by atoms with Gasteiger partial charge in [0, 0.05) is 23.9 Å². The van der Waals surface area contributed by atoms with E-state index in [1.165, 1.54) is 16.9 Å². The van der Waals surface area contributed by atoms with Crippen LogP contribution in [0.3, 0.4) is 0 Å². The number of aliphatic hydroxyl groups excluding tert-OH is 1. The van der Waals surface area contributed by atoms with E-state index in [1.54, 1.807) is 0 Å². The zero-order chi connectivity index (χ0) is 12.5. The van der Waals surface area contributed by atoms with E-state index >= 15 is 0 Å². The van der Waals surface area contributed by atoms with Gasteiger partial charge in [-0.2, -0.15) is 0 Å². The zero-order valence-corrected chi connectivity index (χ0v) is 11.7. The maximum Gasteiger partial charge on any atom is 0.0431 e. The van der Waals surface area contributed by atoms with Gasteiger partial charge in [-0.3, -0.25) is 4.98 Å². The largest absolute Gasteiger partial charge is 0.396 e. The fourth-order valence-corrected chi connectivity index (χ4v) is 2.66. The highest BCUT2D eigenvalue weighted by molar-refractivity contribution is 7.99. The summed E-state index contributed by atoms with van der Waals surface area (Å²) in [5, 5.41) is 8.69. The number of pyridine rings is 1. The lowest BCUT2D eigenvalue weighted by molar-refractivity contribution is 0.284. The smallest absolute Gasteiger partial charge is 0.0431 e. The molecule has 0 amide bonds. The molecule has 0 bridgehead atoms. The Morgan fingerprint density at radius 1 is 1.24 bits per heavy atom. The predicted molar refractivity (Wildman–Crippen MR) is 74.4 cm³/mol. The van der Waals surface area contributed by atoms with E-state index in [1.807, 2.05) is 24.2 Å². The van der Waals surface area contributed by atoms with Crippen LogP contribution in [0.4, 0.5) is 0 Å². The third kappa shape index (κ3) is 6.69. The number of nitrogens with zero attached hydrogens (tertiary/aromatic N) is 1. The Bertz CT molecular complexity index is 315. The summed E-state index contributed by atoms with van der Waals surface area (Å²) >= 11 is 1.87. The van der Waals surface area contributed by atoms with Crippen molar-refractivity contribution >= 4 is 11.8 Å². The second kappa shape index (κ2) is 8.54. The monoisotopic (exact) mass is 253 g/mol. The molecule has 0 radical (unpaired) electrons. The van der Waals surface area contributed by atoms with Crippen molar-refractivity contribution < 1.29 is 5.11 Å². The average Bonchev–Trinajstić information content (AvgIpc) is 2.28. The van der Waals surface area contributed by atoms with Crippen molar-refractivity contribution in [2.24, 2.45) is 5.92 Å². The normalized spacial score (nSPS) is 11.1. The minimum atomic E-state index is 0.316. The molecule has 0 aliphatic rings. The Balaban J connectivity index is 2.32. The molecular formula is C14H23NOS. The number of thioether (sulfide) groups is 1. The zero-order valence-electron chi connectivity index (χ0n) is 10.9. The summed E-state index contributed by atoms with van der Waals surface area (Å²) in [6.45, 7) is 4.78. The van der Waals surface area contributed by atoms with Gasteiger partial charge in [0.05, 0.1) is 0 Å². The van der Waals surface area contributed by atoms with E-state index in [4.69, 9.17) is 5.11 Å². The van der Waals surface area contributed by atoms with Gasteiger partial charge < -0.3 is 5.11 Å². The molecule has 0 unspecified atom stereocenters. The molecule has 1 heterocycles. The molecule has 3 heteroatoms. The Hall–Kier alpha value is -0.540. The summed E-state index contributed by atoms with van der Waals surface area (Å²) in [6.07, 6.45) is 8.22. The molecule has 0 aliphatic carbocycles. The lowest BCUT2D eigenvalue weighted by Crippen LogP contribution is -1.95. The third-order valence-electron chi connectivity index (χ3n) is 2.48. The lowest BCUT2D eigenvalue weighted by atomic mass is 10.1. The highest BCUT2D eigenvalue weighted by Crippen LogP contribution is 2.20. The fourth-order valence-electron chi connectivity index (χ4n) is 1.71. The number of hydrogen-bond donors (Lipinski definition) is 1. The highest BCUT2D eigenvalue weighted by Gasteiger charge is 2.00. The van der Waals surface area contributed by atoms with Crippen LogP contribution in [0.15, 0.2) is 23.4 Å². The highest BCUT2D eigenvalue weighted by atomic mass is 32.2. The van der Waals surface area contributed by atoms with Crippen molar-refractivity contribution in [2.45, 2.75) is 44.4 Å². The second-order valence-electron chi connectivity index (χ2n) is 4.76. The van der Waals surface area contributed by atoms with Gasteiger partial charge in [0.25, 0.3) is 0 Å². The van der Waals surface area contributed by atoms with Crippen molar-refractivity contribution in [3.63, 3.8) is 0 Å². The average molecular weight is 253 g/mol. The molecule has 0 aliphatic heterocycles. The molecule has 0 fully saturated rings. The van der Waals surface area contributed by atoms with Crippen LogP contribution >= 0.6 is 11.8 Å². The van der Waals surface area contributed by atoms with Gasteiger partial charge in [0.1, 0.15) is 0 Å². The van der Waals surface area contributed by atoms with Gasteiger partial charge in [-0.1, -0.05) is 20.3 Å². The number of aliphatic hydroxyl groups is 1. The first kappa shape index (κ1) is 14.5. The second-order valence-corrected chi connectivity index (χ2v) is 5.93. The van der Waals surface area contributed by atoms with Crippen molar-refractivity contribution in [1.29, 1.82) is 0 Å². The van der Waals surface area contributed by atoms with Crippen LogP contribution in [-0.2, 0) is 6.42 Å². The molecule has 0 saturated heterocycles. The van der Waals surface area contributed by atoms with Crippen LogP contribution in [-0.4, -0.2) is 22.5 Å². The fraction of sp³-hybridized carbons (Fsp3) is 0.643. The number of rotatable bonds is 8. The predicted octanol–water partition coefficient (Wildman–Crippen LogP) is 3.53. The molecule has 17 heavy (non-hydrogen) atoms. The van der Waals surface area contributed by atoms with E-state index < -0.39 is 0 Å². The summed E-state index contributed by atoms with van der Waals surface area (Å²) in [5.74, 6) is 1.80. The third-order valence-corrected chi connectivity index (χ3v) is 3.53. The van der Waals surface area contributed by atoms with E-state index in [2.05, 4.69) is 24.9 Å². The lowest BCUT2D eigenvalue weighted by Gasteiger charge is -2.06. The molecule has 0 aromatic carbocycles. The van der Waals surface area contributed by atoms with Gasteiger partial charge in [-0.15, -0.1) is 11.8 Å². The maximum atomic E-state index is 8.69. The first-order chi connectivity index (χ1) is 8.22. The summed E-state index contributed by atoms with van der Waals surface area (Å²) < 4.78 is 0. The minimum Gasteiger partial charge on any atom is -0.396 e. The maximum absolute atomic E-state index is 8.69. The van der Waals surface area contributed by atoms with Gasteiger partial charge in [-0.05, 0) is 42.6 Å². The summed E-state index contributed by atoms with van der Waals surface area (Å²) in [7, 11) is 0. The first-order valence-electron chi connectivity index (χ1n) is 6.40. The molecule has 2 nitrogen and oxygen atoms in total. The number of aromatic nitrogens is 1. The molecule has 96 valence electrons. The SMILES string of the molecule is CC(C)Cc1cncc(SCCCCCO)c1. The Kier molecular flexibility index (Phi) is 7.29. The van der Waals surface area contributed by atoms with Gasteiger partial charge in [0.2, 0.25) is 0 Å². The van der Waals surface area contributed by atoms with Crippen molar-refractivity contribution in [3.8, 4) is 0 Å². The molecule has 0 atom stereocenters. The Morgan fingerprint density at radius 3 is 2.76 bits per heavy atom. The van der Waals surface area contributed by atoms with Crippen LogP contribution in [0, 0.1) is 5.92 Å². The molecule has 0 saturated carbocycles. The van der Waals surface area contributed by atoms with E-state index in [9.17, 15) is 0 Å². The van der Waals surface area contributed by atoms with Gasteiger partial charge in [0.15, 0.2) is 0 Å².